The van der Waals surface area contributed by atoms with Gasteiger partial charge in [0, 0.05) is 29.9 Å². The van der Waals surface area contributed by atoms with E-state index in [1.807, 2.05) is 0 Å². The maximum atomic E-state index is 13.3. The summed E-state index contributed by atoms with van der Waals surface area (Å²) < 4.78 is 38.9. The normalized spacial score (nSPS) is 14.2. The summed E-state index contributed by atoms with van der Waals surface area (Å²) in [5, 5.41) is 12.3. The van der Waals surface area contributed by atoms with Crippen LogP contribution in [-0.2, 0) is 14.8 Å². The van der Waals surface area contributed by atoms with E-state index >= 15 is 0 Å². The molecule has 0 atom stereocenters. The van der Waals surface area contributed by atoms with Gasteiger partial charge in [-0.1, -0.05) is 36.4 Å². The highest BCUT2D eigenvalue weighted by Gasteiger charge is 2.30. The molecule has 8 nitrogen and oxygen atoms in total. The monoisotopic (exact) mass is 491 g/mol. The van der Waals surface area contributed by atoms with E-state index in [1.54, 1.807) is 67.6 Å². The fraction of sp³-hybridized carbons (Fsp3) is 0.231. The van der Waals surface area contributed by atoms with Gasteiger partial charge in [-0.05, 0) is 42.8 Å². The molecule has 1 fully saturated rings. The van der Waals surface area contributed by atoms with Crippen molar-refractivity contribution in [1.29, 1.82) is 5.26 Å². The molecule has 0 saturated carbocycles. The van der Waals surface area contributed by atoms with Crippen LogP contribution in [0.1, 0.15) is 22.8 Å². The van der Waals surface area contributed by atoms with Gasteiger partial charge >= 0.3 is 0 Å². The van der Waals surface area contributed by atoms with Crippen molar-refractivity contribution in [3.63, 3.8) is 0 Å². The Labute approximate surface area is 204 Å². The first kappa shape index (κ1) is 24.4. The van der Waals surface area contributed by atoms with Gasteiger partial charge in [0.25, 0.3) is 5.91 Å². The second-order valence-electron chi connectivity index (χ2n) is 7.77. The minimum atomic E-state index is -3.86. The van der Waals surface area contributed by atoms with Crippen LogP contribution in [0.15, 0.2) is 71.6 Å². The fourth-order valence-electron chi connectivity index (χ4n) is 3.92. The maximum Gasteiger partial charge on any atom is 0.256 e. The number of sulfonamides is 1. The molecule has 9 heteroatoms. The van der Waals surface area contributed by atoms with Crippen LogP contribution in [0.5, 0.6) is 5.75 Å². The Hall–Kier alpha value is -3.71. The lowest BCUT2D eigenvalue weighted by Gasteiger charge is -2.27. The maximum absolute atomic E-state index is 13.3. The van der Waals surface area contributed by atoms with Crippen LogP contribution < -0.4 is 10.1 Å². The first-order chi connectivity index (χ1) is 17.0. The van der Waals surface area contributed by atoms with Crippen molar-refractivity contribution >= 4 is 21.6 Å². The first-order valence-corrected chi connectivity index (χ1v) is 12.6. The molecular weight excluding hydrogens is 466 g/mol. The van der Waals surface area contributed by atoms with Crippen LogP contribution in [0.25, 0.3) is 11.1 Å². The van der Waals surface area contributed by atoms with Crippen LogP contribution in [0.4, 0.5) is 5.69 Å². The third kappa shape index (κ3) is 5.20. The van der Waals surface area contributed by atoms with E-state index in [4.69, 9.17) is 9.47 Å². The quantitative estimate of drug-likeness (QED) is 0.537. The first-order valence-electron chi connectivity index (χ1n) is 11.2. The highest BCUT2D eigenvalue weighted by molar-refractivity contribution is 7.89. The summed E-state index contributed by atoms with van der Waals surface area (Å²) in [6.45, 7) is 3.20. The minimum Gasteiger partial charge on any atom is -0.492 e. The van der Waals surface area contributed by atoms with Gasteiger partial charge in [0.15, 0.2) is 0 Å². The third-order valence-electron chi connectivity index (χ3n) is 5.60. The molecule has 35 heavy (non-hydrogen) atoms. The van der Waals surface area contributed by atoms with Crippen molar-refractivity contribution in [2.75, 3.05) is 38.2 Å². The molecule has 4 rings (SSSR count). The predicted octanol–water partition coefficient (Wildman–Crippen LogP) is 3.90. The van der Waals surface area contributed by atoms with Crippen LogP contribution in [-0.4, -0.2) is 51.5 Å². The van der Waals surface area contributed by atoms with Crippen LogP contribution in [0, 0.1) is 11.3 Å². The van der Waals surface area contributed by atoms with Crippen molar-refractivity contribution in [3.8, 4) is 22.9 Å². The average Bonchev–Trinajstić information content (AvgIpc) is 2.90. The number of amides is 1. The van der Waals surface area contributed by atoms with Crippen LogP contribution in [0.2, 0.25) is 0 Å². The third-order valence-corrected chi connectivity index (χ3v) is 7.52. The molecular formula is C26H25N3O5S. The topological polar surface area (TPSA) is 109 Å². The molecule has 0 aromatic heterocycles. The summed E-state index contributed by atoms with van der Waals surface area (Å²) in [6, 6.07) is 20.7. The molecule has 180 valence electrons. The summed E-state index contributed by atoms with van der Waals surface area (Å²) in [7, 11) is -3.86. The van der Waals surface area contributed by atoms with Crippen molar-refractivity contribution in [3.05, 3.63) is 77.9 Å². The number of carbonyl (C=O) groups is 1. The Balaban J connectivity index is 1.69. The molecule has 1 heterocycles. The zero-order valence-corrected chi connectivity index (χ0v) is 20.0. The summed E-state index contributed by atoms with van der Waals surface area (Å²) >= 11 is 0. The molecule has 0 aliphatic carbocycles. The van der Waals surface area contributed by atoms with E-state index in [9.17, 15) is 18.5 Å². The van der Waals surface area contributed by atoms with Gasteiger partial charge in [-0.15, -0.1) is 0 Å². The molecule has 0 radical (unpaired) electrons. The highest BCUT2D eigenvalue weighted by atomic mass is 32.2. The summed E-state index contributed by atoms with van der Waals surface area (Å²) in [4.78, 5) is 13.3. The zero-order chi connectivity index (χ0) is 24.8. The number of rotatable bonds is 7. The number of benzene rings is 3. The van der Waals surface area contributed by atoms with Gasteiger partial charge < -0.3 is 14.8 Å². The molecule has 1 aliphatic rings. The molecule has 1 amide bonds. The van der Waals surface area contributed by atoms with Gasteiger partial charge in [0.1, 0.15) is 10.6 Å². The Morgan fingerprint density at radius 3 is 2.46 bits per heavy atom. The molecule has 0 unspecified atom stereocenters. The van der Waals surface area contributed by atoms with Crippen LogP contribution in [0.3, 0.4) is 0 Å². The molecule has 3 aromatic rings. The van der Waals surface area contributed by atoms with Crippen molar-refractivity contribution < 1.29 is 22.7 Å². The molecule has 1 N–H and O–H groups in total. The second kappa shape index (κ2) is 10.7. The summed E-state index contributed by atoms with van der Waals surface area (Å²) in [6.07, 6.45) is 0. The zero-order valence-electron chi connectivity index (χ0n) is 19.2. The lowest BCUT2D eigenvalue weighted by molar-refractivity contribution is 0.0729. The average molecular weight is 492 g/mol. The van der Waals surface area contributed by atoms with E-state index in [2.05, 4.69) is 11.4 Å². The second-order valence-corrected chi connectivity index (χ2v) is 9.67. The fourth-order valence-corrected chi connectivity index (χ4v) is 5.48. The summed E-state index contributed by atoms with van der Waals surface area (Å²) in [5.74, 6) is -0.201. The molecule has 1 saturated heterocycles. The number of hydrogen-bond donors (Lipinski definition) is 1. The Bertz CT molecular complexity index is 1380. The number of nitrogens with zero attached hydrogens (tertiary/aromatic N) is 2. The smallest absolute Gasteiger partial charge is 0.256 e. The van der Waals surface area contributed by atoms with Gasteiger partial charge in [-0.3, -0.25) is 4.79 Å². The van der Waals surface area contributed by atoms with E-state index in [1.165, 1.54) is 10.4 Å². The molecule has 0 spiro atoms. The lowest BCUT2D eigenvalue weighted by atomic mass is 9.95. The number of nitrogens with one attached hydrogen (secondary N) is 1. The number of carbonyl (C=O) groups excluding carboxylic acids is 1. The molecule has 1 aliphatic heterocycles. The van der Waals surface area contributed by atoms with Gasteiger partial charge in [0.2, 0.25) is 10.0 Å². The Morgan fingerprint density at radius 2 is 1.74 bits per heavy atom. The van der Waals surface area contributed by atoms with E-state index in [0.717, 1.165) is 0 Å². The molecule has 0 bridgehead atoms. The Morgan fingerprint density at radius 1 is 1.06 bits per heavy atom. The molecule has 3 aromatic carbocycles. The minimum absolute atomic E-state index is 0.0119. The number of anilines is 1. The predicted molar refractivity (Wildman–Crippen MR) is 132 cm³/mol. The Kier molecular flexibility index (Phi) is 7.46. The van der Waals surface area contributed by atoms with E-state index < -0.39 is 15.9 Å². The highest BCUT2D eigenvalue weighted by Crippen LogP contribution is 2.32. The number of hydrogen-bond acceptors (Lipinski definition) is 6. The van der Waals surface area contributed by atoms with Crippen molar-refractivity contribution in [2.45, 2.75) is 11.8 Å². The van der Waals surface area contributed by atoms with E-state index in [0.29, 0.717) is 47.8 Å². The number of morpholine rings is 1. The van der Waals surface area contributed by atoms with Gasteiger partial charge in [-0.25, -0.2) is 8.42 Å². The van der Waals surface area contributed by atoms with Crippen molar-refractivity contribution in [1.82, 2.24) is 4.31 Å². The van der Waals surface area contributed by atoms with E-state index in [-0.39, 0.29) is 23.7 Å². The number of ether oxygens (including phenoxy) is 2. The standard InChI is InChI=1S/C26H25N3O5S/c1-2-34-24-12-11-20(17-25(24)35(31,32)29-13-15-33-16-14-29)28-26(30)23-10-6-5-9-22(23)21-8-4-3-7-19(21)18-27/h3-12,17H,2,13-16H2,1H3,(H,28,30). The lowest BCUT2D eigenvalue weighted by Crippen LogP contribution is -2.40. The van der Waals surface area contributed by atoms with Gasteiger partial charge in [-0.2, -0.15) is 9.57 Å². The SMILES string of the molecule is CCOc1ccc(NC(=O)c2ccccc2-c2ccccc2C#N)cc1S(=O)(=O)N1CCOCC1. The van der Waals surface area contributed by atoms with Crippen LogP contribution >= 0.6 is 0 Å². The van der Waals surface area contributed by atoms with Gasteiger partial charge in [0.05, 0.1) is 31.5 Å². The largest absolute Gasteiger partial charge is 0.492 e. The summed E-state index contributed by atoms with van der Waals surface area (Å²) in [5.41, 5.74) is 2.38. The number of nitriles is 1. The van der Waals surface area contributed by atoms with Crippen molar-refractivity contribution in [2.24, 2.45) is 0 Å².